The number of sulfone groups is 1. The van der Waals surface area contributed by atoms with Gasteiger partial charge in [-0.25, -0.2) is 8.42 Å². The van der Waals surface area contributed by atoms with Crippen LogP contribution in [0.25, 0.3) is 0 Å². The van der Waals surface area contributed by atoms with E-state index in [0.717, 1.165) is 0 Å². The van der Waals surface area contributed by atoms with Crippen molar-refractivity contribution in [2.45, 2.75) is 23.6 Å². The average Bonchev–Trinajstić information content (AvgIpc) is 2.42. The first-order chi connectivity index (χ1) is 9.63. The second kappa shape index (κ2) is 6.90. The molecule has 1 aromatic carbocycles. The van der Waals surface area contributed by atoms with Gasteiger partial charge in [0.1, 0.15) is 0 Å². The monoisotopic (exact) mass is 325 g/mol. The van der Waals surface area contributed by atoms with Crippen molar-refractivity contribution >= 4 is 15.7 Å². The lowest BCUT2D eigenvalue weighted by atomic mass is 10.3. The minimum atomic E-state index is -4.83. The molecule has 1 aromatic rings. The van der Waals surface area contributed by atoms with Crippen molar-refractivity contribution in [2.24, 2.45) is 0 Å². The quantitative estimate of drug-likeness (QED) is 0.814. The van der Waals surface area contributed by atoms with Crippen molar-refractivity contribution in [1.29, 1.82) is 0 Å². The summed E-state index contributed by atoms with van der Waals surface area (Å²) in [5.74, 6) is -1.40. The second-order valence-corrected chi connectivity index (χ2v) is 6.35. The Balaban J connectivity index is 2.47. The minimum Gasteiger partial charge on any atom is -0.382 e. The molecule has 1 unspecified atom stereocenters. The summed E-state index contributed by atoms with van der Waals surface area (Å²) >= 11 is 0. The number of benzene rings is 1. The van der Waals surface area contributed by atoms with Crippen molar-refractivity contribution in [3.63, 3.8) is 0 Å². The predicted octanol–water partition coefficient (Wildman–Crippen LogP) is 0.890. The molecule has 0 aliphatic heterocycles. The van der Waals surface area contributed by atoms with Crippen LogP contribution in [-0.4, -0.2) is 44.0 Å². The molecule has 1 rings (SSSR count). The number of carbonyl (C=O) groups is 1. The fourth-order valence-corrected chi connectivity index (χ4v) is 2.65. The lowest BCUT2D eigenvalue weighted by Crippen LogP contribution is -2.41. The molecule has 0 spiro atoms. The van der Waals surface area contributed by atoms with Crippen LogP contribution in [0.5, 0.6) is 0 Å². The predicted molar refractivity (Wildman–Crippen MR) is 68.2 cm³/mol. The number of nitrogens with one attached hydrogen (secondary N) is 1. The summed E-state index contributed by atoms with van der Waals surface area (Å²) in [5, 5.41) is 10.5. The Labute approximate surface area is 119 Å². The molecule has 0 aliphatic rings. The first-order valence-electron chi connectivity index (χ1n) is 5.92. The third-order valence-electron chi connectivity index (χ3n) is 2.57. The van der Waals surface area contributed by atoms with Crippen molar-refractivity contribution in [2.75, 3.05) is 12.3 Å². The highest BCUT2D eigenvalue weighted by atomic mass is 32.2. The van der Waals surface area contributed by atoms with Gasteiger partial charge in [0, 0.05) is 6.42 Å². The Morgan fingerprint density at radius 2 is 1.81 bits per heavy atom. The van der Waals surface area contributed by atoms with Crippen LogP contribution in [0.1, 0.15) is 6.42 Å². The van der Waals surface area contributed by atoms with E-state index in [1.807, 2.05) is 5.32 Å². The molecule has 1 atom stereocenters. The first-order valence-corrected chi connectivity index (χ1v) is 7.57. The fourth-order valence-electron chi connectivity index (χ4n) is 1.39. The number of hydrogen-bond donors (Lipinski definition) is 2. The molecule has 0 aromatic heterocycles. The van der Waals surface area contributed by atoms with Gasteiger partial charge in [-0.1, -0.05) is 18.2 Å². The molecule has 2 N–H and O–H groups in total. The zero-order valence-electron chi connectivity index (χ0n) is 10.8. The Bertz CT molecular complexity index is 572. The Morgan fingerprint density at radius 1 is 1.24 bits per heavy atom. The highest BCUT2D eigenvalue weighted by molar-refractivity contribution is 7.91. The van der Waals surface area contributed by atoms with Gasteiger partial charge in [0.05, 0.1) is 17.2 Å². The number of alkyl halides is 3. The van der Waals surface area contributed by atoms with E-state index in [9.17, 15) is 26.4 Å². The van der Waals surface area contributed by atoms with Crippen LogP contribution in [0.2, 0.25) is 0 Å². The number of amides is 1. The van der Waals surface area contributed by atoms with E-state index in [4.69, 9.17) is 5.11 Å². The largest absolute Gasteiger partial charge is 0.416 e. The minimum absolute atomic E-state index is 0.0353. The number of aliphatic hydroxyl groups excluding tert-OH is 1. The third kappa shape index (κ3) is 5.72. The summed E-state index contributed by atoms with van der Waals surface area (Å²) in [6.45, 7) is -1.01. The molecule has 0 heterocycles. The maximum atomic E-state index is 12.0. The standard InChI is InChI=1S/C12H14F3NO4S/c13-12(14,15)10(17)8-16-11(18)6-7-21(19,20)9-4-2-1-3-5-9/h1-5,10,17H,6-8H2,(H,16,18). The Kier molecular flexibility index (Phi) is 5.73. The average molecular weight is 325 g/mol. The van der Waals surface area contributed by atoms with Crippen LogP contribution < -0.4 is 5.32 Å². The first kappa shape index (κ1) is 17.4. The molecule has 0 radical (unpaired) electrons. The van der Waals surface area contributed by atoms with Crippen molar-refractivity contribution < 1.29 is 31.5 Å². The van der Waals surface area contributed by atoms with Gasteiger partial charge < -0.3 is 10.4 Å². The lowest BCUT2D eigenvalue weighted by molar-refractivity contribution is -0.201. The van der Waals surface area contributed by atoms with Crippen molar-refractivity contribution in [1.82, 2.24) is 5.32 Å². The van der Waals surface area contributed by atoms with Crippen LogP contribution in [0.3, 0.4) is 0 Å². The zero-order chi connectivity index (χ0) is 16.1. The lowest BCUT2D eigenvalue weighted by Gasteiger charge is -2.14. The number of carbonyl (C=O) groups excluding carboxylic acids is 1. The van der Waals surface area contributed by atoms with Crippen LogP contribution in [0.4, 0.5) is 13.2 Å². The molecule has 0 aliphatic carbocycles. The van der Waals surface area contributed by atoms with Gasteiger partial charge in [-0.05, 0) is 12.1 Å². The summed E-state index contributed by atoms with van der Waals surface area (Å²) in [4.78, 5) is 11.3. The molecular formula is C12H14F3NO4S. The Hall–Kier alpha value is -1.61. The normalized spacial score (nSPS) is 13.7. The summed E-state index contributed by atoms with van der Waals surface area (Å²) < 4.78 is 59.6. The van der Waals surface area contributed by atoms with E-state index in [1.54, 1.807) is 6.07 Å². The van der Waals surface area contributed by atoms with Crippen molar-refractivity contribution in [3.05, 3.63) is 30.3 Å². The van der Waals surface area contributed by atoms with E-state index in [1.165, 1.54) is 24.3 Å². The highest BCUT2D eigenvalue weighted by Gasteiger charge is 2.38. The zero-order valence-corrected chi connectivity index (χ0v) is 11.6. The second-order valence-electron chi connectivity index (χ2n) is 4.24. The number of halogens is 3. The van der Waals surface area contributed by atoms with Gasteiger partial charge in [0.2, 0.25) is 5.91 Å². The van der Waals surface area contributed by atoms with E-state index in [2.05, 4.69) is 0 Å². The molecule has 0 fully saturated rings. The highest BCUT2D eigenvalue weighted by Crippen LogP contribution is 2.19. The topological polar surface area (TPSA) is 83.5 Å². The summed E-state index contributed by atoms with van der Waals surface area (Å²) in [6.07, 6.45) is -7.99. The van der Waals surface area contributed by atoms with Crippen LogP contribution in [-0.2, 0) is 14.6 Å². The summed E-state index contributed by atoms with van der Waals surface area (Å²) in [6, 6.07) is 7.39. The molecule has 0 saturated carbocycles. The van der Waals surface area contributed by atoms with Gasteiger partial charge in [-0.15, -0.1) is 0 Å². The summed E-state index contributed by atoms with van der Waals surface area (Å²) in [7, 11) is -3.67. The number of hydrogen-bond acceptors (Lipinski definition) is 4. The number of aliphatic hydroxyl groups is 1. The molecule has 5 nitrogen and oxygen atoms in total. The van der Waals surface area contributed by atoms with E-state index in [0.29, 0.717) is 0 Å². The van der Waals surface area contributed by atoms with Gasteiger partial charge in [-0.2, -0.15) is 13.2 Å². The van der Waals surface area contributed by atoms with Gasteiger partial charge in [-0.3, -0.25) is 4.79 Å². The summed E-state index contributed by atoms with van der Waals surface area (Å²) in [5.41, 5.74) is 0. The molecule has 21 heavy (non-hydrogen) atoms. The van der Waals surface area contributed by atoms with Crippen LogP contribution in [0, 0.1) is 0 Å². The van der Waals surface area contributed by atoms with E-state index >= 15 is 0 Å². The fraction of sp³-hybridized carbons (Fsp3) is 0.417. The van der Waals surface area contributed by atoms with Crippen molar-refractivity contribution in [3.8, 4) is 0 Å². The SMILES string of the molecule is O=C(CCS(=O)(=O)c1ccccc1)NCC(O)C(F)(F)F. The van der Waals surface area contributed by atoms with Crippen LogP contribution >= 0.6 is 0 Å². The van der Waals surface area contributed by atoms with Gasteiger partial charge >= 0.3 is 6.18 Å². The molecule has 1 amide bonds. The maximum Gasteiger partial charge on any atom is 0.416 e. The molecule has 9 heteroatoms. The third-order valence-corrected chi connectivity index (χ3v) is 4.30. The smallest absolute Gasteiger partial charge is 0.382 e. The number of rotatable bonds is 6. The molecular weight excluding hydrogens is 311 g/mol. The molecule has 0 saturated heterocycles. The Morgan fingerprint density at radius 3 is 2.33 bits per heavy atom. The maximum absolute atomic E-state index is 12.0. The van der Waals surface area contributed by atoms with Gasteiger partial charge in [0.15, 0.2) is 15.9 Å². The van der Waals surface area contributed by atoms with Crippen LogP contribution in [0.15, 0.2) is 35.2 Å². The van der Waals surface area contributed by atoms with Gasteiger partial charge in [0.25, 0.3) is 0 Å². The van der Waals surface area contributed by atoms with E-state index in [-0.39, 0.29) is 4.90 Å². The molecule has 118 valence electrons. The van der Waals surface area contributed by atoms with E-state index < -0.39 is 46.7 Å². The molecule has 0 bridgehead atoms.